The van der Waals surface area contributed by atoms with E-state index in [1.165, 1.54) is 4.57 Å². The van der Waals surface area contributed by atoms with Crippen molar-refractivity contribution in [1.82, 2.24) is 58.6 Å². The first-order valence-corrected chi connectivity index (χ1v) is 24.8. The Morgan fingerprint density at radius 1 is 0.592 bits per heavy atom. The van der Waals surface area contributed by atoms with Crippen LogP contribution < -0.4 is 28.3 Å². The number of aliphatic hydroxyl groups is 3. The Morgan fingerprint density at radius 3 is 1.63 bits per heavy atom. The molecule has 3 aliphatic rings. The molecule has 3 aliphatic heterocycles. The molecule has 386 valence electrons. The zero-order chi connectivity index (χ0) is 50.9. The van der Waals surface area contributed by atoms with Gasteiger partial charge in [0.25, 0.3) is 11.1 Å². The number of anilines is 3. The number of nitrogens with one attached hydrogen (secondary N) is 2. The summed E-state index contributed by atoms with van der Waals surface area (Å²) < 4.78 is 97.6. The summed E-state index contributed by atoms with van der Waals surface area (Å²) in [5.41, 5.74) is 15.3. The summed E-state index contributed by atoms with van der Waals surface area (Å²) in [6, 6.07) is 0. The predicted octanol–water partition coefficient (Wildman–Crippen LogP) is -3.60. The molecule has 15 atom stereocenters. The van der Waals surface area contributed by atoms with Gasteiger partial charge in [0.15, 0.2) is 52.5 Å². The van der Waals surface area contributed by atoms with Crippen molar-refractivity contribution in [3.63, 3.8) is 0 Å². The number of methoxy groups -OCH3 is 1. The third-order valence-electron chi connectivity index (χ3n) is 11.3. The van der Waals surface area contributed by atoms with Crippen LogP contribution in [-0.2, 0) is 59.8 Å². The van der Waals surface area contributed by atoms with Gasteiger partial charge in [0.1, 0.15) is 66.8 Å². The lowest BCUT2D eigenvalue weighted by Gasteiger charge is -2.27. The van der Waals surface area contributed by atoms with Crippen molar-refractivity contribution in [3.05, 3.63) is 46.0 Å². The lowest BCUT2D eigenvalue weighted by atomic mass is 10.1. The molecule has 36 nitrogen and oxygen atoms in total. The van der Waals surface area contributed by atoms with Gasteiger partial charge in [-0.1, -0.05) is 0 Å². The Kier molecular flexibility index (Phi) is 13.7. The van der Waals surface area contributed by atoms with Crippen molar-refractivity contribution >= 4 is 74.7 Å². The highest BCUT2D eigenvalue weighted by Crippen LogP contribution is 2.53. The van der Waals surface area contributed by atoms with Gasteiger partial charge in [-0.25, -0.2) is 38.6 Å². The van der Waals surface area contributed by atoms with E-state index in [2.05, 4.69) is 49.4 Å². The molecule has 8 unspecified atom stereocenters. The molecule has 9 rings (SSSR count). The van der Waals surface area contributed by atoms with Crippen molar-refractivity contribution < 1.29 is 89.8 Å². The number of hydrogen-bond donors (Lipinski definition) is 11. The van der Waals surface area contributed by atoms with Gasteiger partial charge in [-0.2, -0.15) is 9.97 Å². The maximum absolute atomic E-state index is 13.9. The minimum atomic E-state index is -5.47. The second-order valence-electron chi connectivity index (χ2n) is 15.6. The van der Waals surface area contributed by atoms with Crippen LogP contribution in [0, 0.1) is 0 Å². The number of ether oxygens (including phenoxy) is 4. The van der Waals surface area contributed by atoms with Gasteiger partial charge in [0.05, 0.1) is 38.8 Å². The van der Waals surface area contributed by atoms with E-state index in [4.69, 9.17) is 58.8 Å². The normalized spacial score (nSPS) is 30.6. The third-order valence-corrected chi connectivity index (χ3v) is 14.2. The zero-order valence-corrected chi connectivity index (χ0v) is 38.9. The highest BCUT2D eigenvalue weighted by Gasteiger charge is 2.54. The van der Waals surface area contributed by atoms with Crippen LogP contribution >= 0.6 is 23.5 Å². The smallest absolute Gasteiger partial charge is 0.387 e. The zero-order valence-electron chi connectivity index (χ0n) is 36.2. The van der Waals surface area contributed by atoms with Crippen LogP contribution in [0.1, 0.15) is 18.7 Å². The average molecular weight is 1070 g/mol. The number of imidazole rings is 3. The quantitative estimate of drug-likeness (QED) is 0.0370. The number of H-pyrrole nitrogens is 2. The Labute approximate surface area is 393 Å². The van der Waals surface area contributed by atoms with Crippen LogP contribution in [0.25, 0.3) is 33.5 Å². The Morgan fingerprint density at radius 2 is 1.06 bits per heavy atom. The maximum atomic E-state index is 13.9. The molecule has 3 fully saturated rings. The van der Waals surface area contributed by atoms with Gasteiger partial charge in [-0.3, -0.25) is 60.4 Å². The molecule has 0 saturated carbocycles. The largest absolute Gasteiger partial charge is 0.472 e. The lowest BCUT2D eigenvalue weighted by molar-refractivity contribution is -0.0619. The maximum Gasteiger partial charge on any atom is 0.472 e. The number of nitrogen functional groups attached to an aromatic ring is 3. The van der Waals surface area contributed by atoms with Crippen molar-refractivity contribution in [2.75, 3.05) is 51.2 Å². The molecule has 0 spiro atoms. The summed E-state index contributed by atoms with van der Waals surface area (Å²) in [6.45, 7) is -2.89. The van der Waals surface area contributed by atoms with Gasteiger partial charge >= 0.3 is 23.5 Å². The summed E-state index contributed by atoms with van der Waals surface area (Å²) in [5.74, 6) is -0.686. The Balaban J connectivity index is 0.943. The van der Waals surface area contributed by atoms with Crippen molar-refractivity contribution in [2.45, 2.75) is 73.6 Å². The summed E-state index contributed by atoms with van der Waals surface area (Å²) in [4.78, 5) is 89.8. The van der Waals surface area contributed by atoms with E-state index in [1.54, 1.807) is 0 Å². The van der Waals surface area contributed by atoms with Crippen LogP contribution in [0.4, 0.5) is 17.7 Å². The number of fused-ring (bicyclic) bond motifs is 3. The number of aromatic amines is 2. The molecule has 39 heteroatoms. The fourth-order valence-electron chi connectivity index (χ4n) is 7.99. The summed E-state index contributed by atoms with van der Waals surface area (Å²) in [6.07, 6.45) is -15.7. The number of phosphoric ester groups is 3. The molecule has 0 radical (unpaired) electrons. The molecule has 3 saturated heterocycles. The van der Waals surface area contributed by atoms with E-state index >= 15 is 0 Å². The van der Waals surface area contributed by atoms with E-state index in [1.807, 2.05) is 0 Å². The number of phosphoric acid groups is 3. The predicted molar refractivity (Wildman–Crippen MR) is 229 cm³/mol. The van der Waals surface area contributed by atoms with E-state index in [9.17, 15) is 53.3 Å². The van der Waals surface area contributed by atoms with E-state index in [-0.39, 0.29) is 51.2 Å². The number of hydrogen-bond acceptors (Lipinski definition) is 28. The molecule has 6 aromatic heterocycles. The number of nitrogens with two attached hydrogens (primary N) is 3. The van der Waals surface area contributed by atoms with Crippen LogP contribution in [0.3, 0.4) is 0 Å². The number of aromatic nitrogens is 12. The van der Waals surface area contributed by atoms with Crippen molar-refractivity contribution in [1.29, 1.82) is 0 Å². The second-order valence-corrected chi connectivity index (χ2v) is 20.0. The highest BCUT2D eigenvalue weighted by molar-refractivity contribution is 7.48. The summed E-state index contributed by atoms with van der Waals surface area (Å²) >= 11 is 0. The van der Waals surface area contributed by atoms with Gasteiger partial charge in [0.2, 0.25) is 11.9 Å². The standard InChI is InChI=1S/C32H42N15O21P3/c1-59-21-20(12(5-61-69(53,54)60-2)66-30(21)47-9-40-15-25(47)42-32(35)44-27(15)52)68-71(57,58)63-4-11-19(18(50)29(65-11)45-7-38-13-22(33)36-6-37-23(13)45)67-70(55,56)62-3-10-16(48)17(49)28(64-10)46-8-39-14-24(46)41-31(34)43-26(14)51/h6-12,16-21,28-30,48-50H,3-5H2,1-2H3,(H,53,54)(H,55,56)(H,57,58)(H2,33,36,37)(H3,34,41,43,51)(H3,35,42,44,52)/t10?,11-,12?,16-,17-,18-,19-,20-,21-,28?,29?,30?/m1/s1. The van der Waals surface area contributed by atoms with E-state index in [0.29, 0.717) is 0 Å². The molecular weight excluding hydrogens is 1020 g/mol. The summed E-state index contributed by atoms with van der Waals surface area (Å²) in [5, 5.41) is 33.4. The fraction of sp³-hybridized carbons (Fsp3) is 0.531. The van der Waals surface area contributed by atoms with Crippen LogP contribution in [-0.4, -0.2) is 178 Å². The first-order chi connectivity index (χ1) is 33.6. The van der Waals surface area contributed by atoms with E-state index < -0.39 is 128 Å². The molecule has 0 aromatic carbocycles. The molecule has 0 aliphatic carbocycles. The molecule has 0 amide bonds. The van der Waals surface area contributed by atoms with Crippen LogP contribution in [0.15, 0.2) is 34.9 Å². The first-order valence-electron chi connectivity index (χ1n) is 20.3. The van der Waals surface area contributed by atoms with Crippen molar-refractivity contribution in [2.24, 2.45) is 0 Å². The van der Waals surface area contributed by atoms with Crippen LogP contribution in [0.5, 0.6) is 0 Å². The molecule has 9 heterocycles. The fourth-order valence-corrected chi connectivity index (χ4v) is 10.4. The molecule has 0 bridgehead atoms. The SMILES string of the molecule is CO[C@H]1C(n2cnc3c(=O)[nH]c(N)nc32)OC(COP(=O)(O)OC)[C@H]1OP(=O)(O)OC[C@H]1OC(n2cnc3c(N)ncnc32)[C@H](O)[C@@H]1OP(=O)(O)OCC1OC(n2cnc3c(=O)[nH]c(N)nc32)[C@H](O)[C@@H]1O. The molecule has 71 heavy (non-hydrogen) atoms. The van der Waals surface area contributed by atoms with Crippen LogP contribution in [0.2, 0.25) is 0 Å². The topological polar surface area (TPSA) is 514 Å². The average Bonchev–Trinajstić information content (AvgIpc) is 4.17. The number of aliphatic hydroxyl groups excluding tert-OH is 3. The molecule has 6 aromatic rings. The first kappa shape index (κ1) is 50.6. The number of nitrogens with zero attached hydrogens (tertiary/aromatic N) is 10. The van der Waals surface area contributed by atoms with E-state index in [0.717, 1.165) is 48.7 Å². The minimum absolute atomic E-state index is 0.00109. The molecular formula is C32H42N15O21P3. The van der Waals surface area contributed by atoms with Gasteiger partial charge in [0, 0.05) is 14.2 Å². The van der Waals surface area contributed by atoms with Gasteiger partial charge in [-0.15, -0.1) is 0 Å². The minimum Gasteiger partial charge on any atom is -0.387 e. The third kappa shape index (κ3) is 9.85. The van der Waals surface area contributed by atoms with Crippen molar-refractivity contribution in [3.8, 4) is 0 Å². The lowest BCUT2D eigenvalue weighted by Crippen LogP contribution is -2.38. The molecule has 14 N–H and O–H groups in total. The van der Waals surface area contributed by atoms with Gasteiger partial charge in [-0.05, 0) is 0 Å². The van der Waals surface area contributed by atoms with Gasteiger partial charge < -0.3 is 66.1 Å². The summed E-state index contributed by atoms with van der Waals surface area (Å²) in [7, 11) is -13.6. The highest BCUT2D eigenvalue weighted by atomic mass is 31.2. The Hall–Kier alpha value is -5.30. The second kappa shape index (κ2) is 19.3. The monoisotopic (exact) mass is 1070 g/mol. The Bertz CT molecular complexity index is 3230. The number of rotatable bonds is 18.